The molecule has 8 heteroatoms. The maximum atomic E-state index is 12.7. The first kappa shape index (κ1) is 17.0. The summed E-state index contributed by atoms with van der Waals surface area (Å²) < 4.78 is 29.4. The molecule has 2 rings (SSSR count). The van der Waals surface area contributed by atoms with Crippen molar-refractivity contribution in [3.63, 3.8) is 0 Å². The van der Waals surface area contributed by atoms with E-state index >= 15 is 0 Å². The van der Waals surface area contributed by atoms with Crippen molar-refractivity contribution in [3.05, 3.63) is 41.7 Å². The Morgan fingerprint density at radius 3 is 2.61 bits per heavy atom. The molecule has 0 aliphatic rings. The Morgan fingerprint density at radius 2 is 2.09 bits per heavy atom. The van der Waals surface area contributed by atoms with Crippen LogP contribution >= 0.6 is 0 Å². The summed E-state index contributed by atoms with van der Waals surface area (Å²) in [4.78, 5) is 11.1. The molecule has 1 heterocycles. The molecule has 0 bridgehead atoms. The van der Waals surface area contributed by atoms with Crippen molar-refractivity contribution in [2.45, 2.75) is 38.1 Å². The van der Waals surface area contributed by atoms with Crippen molar-refractivity contribution in [2.24, 2.45) is 0 Å². The van der Waals surface area contributed by atoms with E-state index in [1.807, 2.05) is 20.8 Å². The SMILES string of the molecule is CCn1cc(NS(=O)(=O)c2cc(C(=O)O)ccc2C(C)C)cn1. The van der Waals surface area contributed by atoms with Crippen molar-refractivity contribution >= 4 is 21.7 Å². The molecule has 0 spiro atoms. The number of nitrogens with one attached hydrogen (secondary N) is 1. The molecular formula is C15H19N3O4S. The van der Waals surface area contributed by atoms with Gasteiger partial charge in [0.2, 0.25) is 0 Å². The molecule has 7 nitrogen and oxygen atoms in total. The lowest BCUT2D eigenvalue weighted by Gasteiger charge is -2.14. The van der Waals surface area contributed by atoms with Gasteiger partial charge in [-0.15, -0.1) is 0 Å². The molecular weight excluding hydrogens is 318 g/mol. The smallest absolute Gasteiger partial charge is 0.335 e. The first-order chi connectivity index (χ1) is 10.7. The Hall–Kier alpha value is -2.35. The molecule has 0 fully saturated rings. The summed E-state index contributed by atoms with van der Waals surface area (Å²) >= 11 is 0. The van der Waals surface area contributed by atoms with E-state index in [2.05, 4.69) is 9.82 Å². The predicted molar refractivity (Wildman–Crippen MR) is 86.2 cm³/mol. The number of carboxylic acids is 1. The number of aromatic nitrogens is 2. The highest BCUT2D eigenvalue weighted by atomic mass is 32.2. The number of benzene rings is 1. The number of hydrogen-bond donors (Lipinski definition) is 2. The van der Waals surface area contributed by atoms with E-state index in [1.54, 1.807) is 10.9 Å². The maximum absolute atomic E-state index is 12.7. The molecule has 0 aliphatic heterocycles. The summed E-state index contributed by atoms with van der Waals surface area (Å²) in [5.41, 5.74) is 0.826. The van der Waals surface area contributed by atoms with E-state index in [-0.39, 0.29) is 16.4 Å². The number of sulfonamides is 1. The quantitative estimate of drug-likeness (QED) is 0.843. The molecule has 0 unspecified atom stereocenters. The van der Waals surface area contributed by atoms with E-state index in [0.29, 0.717) is 17.8 Å². The lowest BCUT2D eigenvalue weighted by molar-refractivity contribution is 0.0696. The summed E-state index contributed by atoms with van der Waals surface area (Å²) in [6, 6.07) is 4.13. The Bertz CT molecular complexity index is 825. The zero-order valence-electron chi connectivity index (χ0n) is 13.1. The van der Waals surface area contributed by atoms with Crippen LogP contribution in [0.2, 0.25) is 0 Å². The minimum absolute atomic E-state index is 0.0309. The van der Waals surface area contributed by atoms with Gasteiger partial charge in [0.15, 0.2) is 0 Å². The topological polar surface area (TPSA) is 101 Å². The highest BCUT2D eigenvalue weighted by Gasteiger charge is 2.22. The molecule has 0 atom stereocenters. The Labute approximate surface area is 135 Å². The second-order valence-electron chi connectivity index (χ2n) is 5.40. The van der Waals surface area contributed by atoms with Crippen LogP contribution < -0.4 is 4.72 Å². The number of aromatic carboxylic acids is 1. The molecule has 2 N–H and O–H groups in total. The first-order valence-electron chi connectivity index (χ1n) is 7.17. The summed E-state index contributed by atoms with van der Waals surface area (Å²) in [5, 5.41) is 13.1. The van der Waals surface area contributed by atoms with Crippen LogP contribution in [0.3, 0.4) is 0 Å². The second kappa shape index (κ2) is 6.41. The third-order valence-corrected chi connectivity index (χ3v) is 4.82. The highest BCUT2D eigenvalue weighted by Crippen LogP contribution is 2.27. The van der Waals surface area contributed by atoms with E-state index in [0.717, 1.165) is 0 Å². The first-order valence-corrected chi connectivity index (χ1v) is 8.65. The van der Waals surface area contributed by atoms with Crippen LogP contribution in [0.5, 0.6) is 0 Å². The van der Waals surface area contributed by atoms with Crippen molar-refractivity contribution in [3.8, 4) is 0 Å². The number of rotatable bonds is 6. The van der Waals surface area contributed by atoms with Crippen molar-refractivity contribution in [1.82, 2.24) is 9.78 Å². The zero-order valence-corrected chi connectivity index (χ0v) is 14.0. The van der Waals surface area contributed by atoms with Crippen molar-refractivity contribution < 1.29 is 18.3 Å². The van der Waals surface area contributed by atoms with E-state index in [1.165, 1.54) is 24.4 Å². The van der Waals surface area contributed by atoms with E-state index in [9.17, 15) is 13.2 Å². The molecule has 0 radical (unpaired) electrons. The van der Waals surface area contributed by atoms with Gasteiger partial charge in [-0.25, -0.2) is 13.2 Å². The lowest BCUT2D eigenvalue weighted by atomic mass is 10.0. The van der Waals surface area contributed by atoms with E-state index < -0.39 is 16.0 Å². The van der Waals surface area contributed by atoms with Crippen LogP contribution in [0.15, 0.2) is 35.5 Å². The van der Waals surface area contributed by atoms with Gasteiger partial charge in [0.05, 0.1) is 22.3 Å². The molecule has 0 saturated heterocycles. The molecule has 0 saturated carbocycles. The lowest BCUT2D eigenvalue weighted by Crippen LogP contribution is -2.16. The van der Waals surface area contributed by atoms with Crippen LogP contribution in [0.25, 0.3) is 0 Å². The van der Waals surface area contributed by atoms with Gasteiger partial charge in [-0.05, 0) is 30.5 Å². The number of carboxylic acid groups (broad SMARTS) is 1. The summed E-state index contributed by atoms with van der Waals surface area (Å²) in [6.07, 6.45) is 2.99. The van der Waals surface area contributed by atoms with Crippen LogP contribution in [-0.2, 0) is 16.6 Å². The highest BCUT2D eigenvalue weighted by molar-refractivity contribution is 7.92. The molecule has 0 amide bonds. The average Bonchev–Trinajstić information content (AvgIpc) is 2.93. The number of anilines is 1. The minimum Gasteiger partial charge on any atom is -0.478 e. The zero-order chi connectivity index (χ0) is 17.2. The fraction of sp³-hybridized carbons (Fsp3) is 0.333. The fourth-order valence-corrected chi connectivity index (χ4v) is 3.60. The molecule has 124 valence electrons. The van der Waals surface area contributed by atoms with Gasteiger partial charge in [-0.1, -0.05) is 19.9 Å². The van der Waals surface area contributed by atoms with Gasteiger partial charge in [0, 0.05) is 12.7 Å². The molecule has 2 aromatic rings. The van der Waals surface area contributed by atoms with Crippen LogP contribution in [0.1, 0.15) is 42.6 Å². The number of carbonyl (C=O) groups is 1. The van der Waals surface area contributed by atoms with Crippen molar-refractivity contribution in [2.75, 3.05) is 4.72 Å². The largest absolute Gasteiger partial charge is 0.478 e. The molecule has 1 aromatic heterocycles. The minimum atomic E-state index is -3.91. The Balaban J connectivity index is 2.48. The number of aryl methyl sites for hydroxylation is 1. The normalized spacial score (nSPS) is 11.7. The third-order valence-electron chi connectivity index (χ3n) is 3.38. The second-order valence-corrected chi connectivity index (χ2v) is 7.05. The van der Waals surface area contributed by atoms with Gasteiger partial charge in [0.25, 0.3) is 10.0 Å². The molecule has 0 aliphatic carbocycles. The van der Waals surface area contributed by atoms with Crippen LogP contribution in [0, 0.1) is 0 Å². The molecule has 1 aromatic carbocycles. The monoisotopic (exact) mass is 337 g/mol. The van der Waals surface area contributed by atoms with Crippen LogP contribution in [-0.4, -0.2) is 29.3 Å². The summed E-state index contributed by atoms with van der Waals surface area (Å²) in [5.74, 6) is -1.24. The molecule has 23 heavy (non-hydrogen) atoms. The van der Waals surface area contributed by atoms with Gasteiger partial charge in [-0.2, -0.15) is 5.10 Å². The number of hydrogen-bond acceptors (Lipinski definition) is 4. The van der Waals surface area contributed by atoms with Gasteiger partial charge >= 0.3 is 5.97 Å². The average molecular weight is 337 g/mol. The fourth-order valence-electron chi connectivity index (χ4n) is 2.18. The van der Waals surface area contributed by atoms with Gasteiger partial charge in [0.1, 0.15) is 0 Å². The predicted octanol–water partition coefficient (Wildman–Crippen LogP) is 2.53. The van der Waals surface area contributed by atoms with Crippen LogP contribution in [0.4, 0.5) is 5.69 Å². The standard InChI is InChI=1S/C15H19N3O4S/c1-4-18-9-12(8-16-18)17-23(21,22)14-7-11(15(19)20)5-6-13(14)10(2)3/h5-10,17H,4H2,1-3H3,(H,19,20). The summed E-state index contributed by atoms with van der Waals surface area (Å²) in [7, 11) is -3.91. The maximum Gasteiger partial charge on any atom is 0.335 e. The summed E-state index contributed by atoms with van der Waals surface area (Å²) in [6.45, 7) is 6.21. The third kappa shape index (κ3) is 3.70. The van der Waals surface area contributed by atoms with Gasteiger partial charge < -0.3 is 5.11 Å². The Kier molecular flexibility index (Phi) is 4.74. The van der Waals surface area contributed by atoms with Gasteiger partial charge in [-0.3, -0.25) is 9.40 Å². The Morgan fingerprint density at radius 1 is 1.39 bits per heavy atom. The van der Waals surface area contributed by atoms with Crippen molar-refractivity contribution in [1.29, 1.82) is 0 Å². The van der Waals surface area contributed by atoms with E-state index in [4.69, 9.17) is 5.11 Å². The number of nitrogens with zero attached hydrogens (tertiary/aromatic N) is 2.